The second-order valence-electron chi connectivity index (χ2n) is 6.28. The van der Waals surface area contributed by atoms with Crippen molar-refractivity contribution in [2.45, 2.75) is 25.8 Å². The number of amides is 1. The van der Waals surface area contributed by atoms with Crippen LogP contribution in [-0.4, -0.2) is 34.2 Å². The number of benzene rings is 1. The predicted molar refractivity (Wildman–Crippen MR) is 103 cm³/mol. The van der Waals surface area contributed by atoms with E-state index in [9.17, 15) is 9.59 Å². The highest BCUT2D eigenvalue weighted by molar-refractivity contribution is 7.16. The number of aromatic nitrogens is 2. The molecule has 0 spiro atoms. The third kappa shape index (κ3) is 2.94. The SMILES string of the molecule is CC(=O)c1ccccc1NC(=O)C1CCCN1c1ncnc2sccc12. The lowest BCUT2D eigenvalue weighted by molar-refractivity contribution is -0.117. The minimum atomic E-state index is -0.312. The van der Waals surface area contributed by atoms with E-state index in [1.165, 1.54) is 6.92 Å². The lowest BCUT2D eigenvalue weighted by Crippen LogP contribution is -2.40. The molecule has 3 heterocycles. The van der Waals surface area contributed by atoms with Crippen molar-refractivity contribution in [3.63, 3.8) is 0 Å². The minimum absolute atomic E-state index is 0.0695. The smallest absolute Gasteiger partial charge is 0.247 e. The van der Waals surface area contributed by atoms with E-state index in [-0.39, 0.29) is 17.7 Å². The summed E-state index contributed by atoms with van der Waals surface area (Å²) in [4.78, 5) is 36.4. The summed E-state index contributed by atoms with van der Waals surface area (Å²) in [5.74, 6) is 0.618. The van der Waals surface area contributed by atoms with Crippen LogP contribution in [0.25, 0.3) is 10.2 Å². The van der Waals surface area contributed by atoms with Crippen molar-refractivity contribution in [3.8, 4) is 0 Å². The van der Waals surface area contributed by atoms with E-state index < -0.39 is 0 Å². The summed E-state index contributed by atoms with van der Waals surface area (Å²) in [7, 11) is 0. The van der Waals surface area contributed by atoms with Crippen molar-refractivity contribution >= 4 is 44.7 Å². The largest absolute Gasteiger partial charge is 0.344 e. The third-order valence-electron chi connectivity index (χ3n) is 4.63. The van der Waals surface area contributed by atoms with E-state index in [4.69, 9.17) is 0 Å². The highest BCUT2D eigenvalue weighted by Gasteiger charge is 2.33. The fourth-order valence-electron chi connectivity index (χ4n) is 3.41. The molecule has 1 N–H and O–H groups in total. The van der Waals surface area contributed by atoms with Crippen molar-refractivity contribution in [1.82, 2.24) is 9.97 Å². The van der Waals surface area contributed by atoms with E-state index in [2.05, 4.69) is 15.3 Å². The normalized spacial score (nSPS) is 16.8. The highest BCUT2D eigenvalue weighted by atomic mass is 32.1. The van der Waals surface area contributed by atoms with Gasteiger partial charge in [-0.15, -0.1) is 11.3 Å². The molecule has 7 heteroatoms. The summed E-state index contributed by atoms with van der Waals surface area (Å²) in [6, 6.07) is 8.77. The number of anilines is 2. The second-order valence-corrected chi connectivity index (χ2v) is 7.17. The van der Waals surface area contributed by atoms with Crippen molar-refractivity contribution < 1.29 is 9.59 Å². The summed E-state index contributed by atoms with van der Waals surface area (Å²) in [5, 5.41) is 5.89. The number of carbonyl (C=O) groups is 2. The minimum Gasteiger partial charge on any atom is -0.344 e. The van der Waals surface area contributed by atoms with E-state index in [0.717, 1.165) is 35.4 Å². The zero-order chi connectivity index (χ0) is 18.1. The van der Waals surface area contributed by atoms with Crippen LogP contribution in [0.1, 0.15) is 30.1 Å². The van der Waals surface area contributed by atoms with Gasteiger partial charge >= 0.3 is 0 Å². The standard InChI is InChI=1S/C19H18N4O2S/c1-12(24)13-5-2-3-6-15(13)22-18(25)16-7-4-9-23(16)17-14-8-10-26-19(14)21-11-20-17/h2-3,5-6,8,10-11,16H,4,7,9H2,1H3,(H,22,25). The molecule has 0 aliphatic carbocycles. The van der Waals surface area contributed by atoms with Gasteiger partial charge in [-0.3, -0.25) is 9.59 Å². The van der Waals surface area contributed by atoms with Gasteiger partial charge in [-0.1, -0.05) is 12.1 Å². The molecule has 1 atom stereocenters. The lowest BCUT2D eigenvalue weighted by atomic mass is 10.1. The van der Waals surface area contributed by atoms with Crippen molar-refractivity contribution in [3.05, 3.63) is 47.6 Å². The van der Waals surface area contributed by atoms with Gasteiger partial charge in [0.05, 0.1) is 11.1 Å². The fourth-order valence-corrected chi connectivity index (χ4v) is 4.14. The van der Waals surface area contributed by atoms with Gasteiger partial charge in [0, 0.05) is 12.1 Å². The molecule has 0 saturated carbocycles. The van der Waals surface area contributed by atoms with Crippen molar-refractivity contribution in [1.29, 1.82) is 0 Å². The lowest BCUT2D eigenvalue weighted by Gasteiger charge is -2.25. The molecule has 6 nitrogen and oxygen atoms in total. The summed E-state index contributed by atoms with van der Waals surface area (Å²) in [6.07, 6.45) is 3.22. The summed E-state index contributed by atoms with van der Waals surface area (Å²) < 4.78 is 0. The van der Waals surface area contributed by atoms with Crippen molar-refractivity contribution in [2.24, 2.45) is 0 Å². The number of carbonyl (C=O) groups excluding carboxylic acids is 2. The van der Waals surface area contributed by atoms with Gasteiger partial charge in [0.25, 0.3) is 0 Å². The Morgan fingerprint density at radius 1 is 1.23 bits per heavy atom. The van der Waals surface area contributed by atoms with Gasteiger partial charge in [-0.2, -0.15) is 0 Å². The molecular formula is C19H18N4O2S. The second kappa shape index (κ2) is 6.84. The molecule has 1 aromatic carbocycles. The van der Waals surface area contributed by atoms with Crippen LogP contribution in [-0.2, 0) is 4.79 Å². The molecule has 2 aromatic heterocycles. The number of para-hydroxylation sites is 1. The monoisotopic (exact) mass is 366 g/mol. The molecule has 3 aromatic rings. The number of hydrogen-bond acceptors (Lipinski definition) is 6. The maximum absolute atomic E-state index is 12.9. The first-order chi connectivity index (χ1) is 12.6. The maximum Gasteiger partial charge on any atom is 0.247 e. The number of nitrogens with one attached hydrogen (secondary N) is 1. The Hall–Kier alpha value is -2.80. The molecule has 1 unspecified atom stereocenters. The zero-order valence-electron chi connectivity index (χ0n) is 14.3. The average molecular weight is 366 g/mol. The first kappa shape index (κ1) is 16.7. The number of fused-ring (bicyclic) bond motifs is 1. The van der Waals surface area contributed by atoms with Crippen LogP contribution in [0, 0.1) is 0 Å². The van der Waals surface area contributed by atoms with E-state index in [1.807, 2.05) is 22.4 Å². The molecule has 26 heavy (non-hydrogen) atoms. The summed E-state index contributed by atoms with van der Waals surface area (Å²) in [5.41, 5.74) is 1.08. The van der Waals surface area contributed by atoms with Gasteiger partial charge in [-0.25, -0.2) is 9.97 Å². The highest BCUT2D eigenvalue weighted by Crippen LogP contribution is 2.32. The van der Waals surface area contributed by atoms with Gasteiger partial charge in [0.15, 0.2) is 5.78 Å². The maximum atomic E-state index is 12.9. The average Bonchev–Trinajstić information content (AvgIpc) is 3.31. The molecule has 1 aliphatic rings. The Bertz CT molecular complexity index is 984. The number of ketones is 1. The number of hydrogen-bond donors (Lipinski definition) is 1. The van der Waals surface area contributed by atoms with Crippen LogP contribution in [0.15, 0.2) is 42.0 Å². The van der Waals surface area contributed by atoms with E-state index in [1.54, 1.807) is 35.9 Å². The first-order valence-corrected chi connectivity index (χ1v) is 9.39. The quantitative estimate of drug-likeness (QED) is 0.715. The molecule has 0 radical (unpaired) electrons. The fraction of sp³-hybridized carbons (Fsp3) is 0.263. The Labute approximate surface area is 154 Å². The van der Waals surface area contributed by atoms with Crippen LogP contribution in [0.4, 0.5) is 11.5 Å². The van der Waals surface area contributed by atoms with Crippen LogP contribution >= 0.6 is 11.3 Å². The van der Waals surface area contributed by atoms with Crippen LogP contribution < -0.4 is 10.2 Å². The Balaban J connectivity index is 1.62. The number of thiophene rings is 1. The molecule has 1 saturated heterocycles. The van der Waals surface area contributed by atoms with E-state index >= 15 is 0 Å². The Morgan fingerprint density at radius 3 is 2.92 bits per heavy atom. The third-order valence-corrected chi connectivity index (χ3v) is 5.45. The van der Waals surface area contributed by atoms with Crippen molar-refractivity contribution in [2.75, 3.05) is 16.8 Å². The molecule has 1 amide bonds. The molecule has 132 valence electrons. The predicted octanol–water partition coefficient (Wildman–Crippen LogP) is 3.50. The van der Waals surface area contributed by atoms with Crippen LogP contribution in [0.2, 0.25) is 0 Å². The number of Topliss-reactive ketones (excluding diaryl/α,β-unsaturated/α-hetero) is 1. The molecule has 1 fully saturated rings. The zero-order valence-corrected chi connectivity index (χ0v) is 15.1. The molecule has 0 bridgehead atoms. The topological polar surface area (TPSA) is 75.2 Å². The summed E-state index contributed by atoms with van der Waals surface area (Å²) in [6.45, 7) is 2.27. The Morgan fingerprint density at radius 2 is 2.08 bits per heavy atom. The van der Waals surface area contributed by atoms with Crippen LogP contribution in [0.3, 0.4) is 0 Å². The van der Waals surface area contributed by atoms with Gasteiger partial charge in [0.1, 0.15) is 23.0 Å². The first-order valence-electron chi connectivity index (χ1n) is 8.51. The Kier molecular flexibility index (Phi) is 4.38. The number of nitrogens with zero attached hydrogens (tertiary/aromatic N) is 3. The molecular weight excluding hydrogens is 348 g/mol. The van der Waals surface area contributed by atoms with Gasteiger partial charge in [0.2, 0.25) is 5.91 Å². The molecule has 1 aliphatic heterocycles. The molecule has 4 rings (SSSR count). The van der Waals surface area contributed by atoms with Gasteiger partial charge < -0.3 is 10.2 Å². The van der Waals surface area contributed by atoms with E-state index in [0.29, 0.717) is 11.3 Å². The summed E-state index contributed by atoms with van der Waals surface area (Å²) >= 11 is 1.56. The number of rotatable bonds is 4. The van der Waals surface area contributed by atoms with Crippen LogP contribution in [0.5, 0.6) is 0 Å². The van der Waals surface area contributed by atoms with Gasteiger partial charge in [-0.05, 0) is 43.3 Å².